The molecule has 1 aliphatic heterocycles. The summed E-state index contributed by atoms with van der Waals surface area (Å²) in [5.74, 6) is 0.708. The first-order valence-corrected chi connectivity index (χ1v) is 4.07. The summed E-state index contributed by atoms with van der Waals surface area (Å²) in [4.78, 5) is 0. The van der Waals surface area contributed by atoms with Crippen molar-refractivity contribution in [3.05, 3.63) is 0 Å². The quantitative estimate of drug-likeness (QED) is 0.629. The van der Waals surface area contributed by atoms with Crippen molar-refractivity contribution in [1.82, 2.24) is 0 Å². The van der Waals surface area contributed by atoms with Gasteiger partial charge in [-0.2, -0.15) is 0 Å². The van der Waals surface area contributed by atoms with Gasteiger partial charge in [0.1, 0.15) is 0 Å². The van der Waals surface area contributed by atoms with Crippen molar-refractivity contribution in [2.24, 2.45) is 11.7 Å². The second kappa shape index (κ2) is 3.35. The third kappa shape index (κ3) is 1.96. The van der Waals surface area contributed by atoms with Crippen molar-refractivity contribution >= 4 is 0 Å². The zero-order valence-electron chi connectivity index (χ0n) is 6.84. The highest BCUT2D eigenvalue weighted by atomic mass is 16.5. The first-order chi connectivity index (χ1) is 4.70. The second-order valence-electron chi connectivity index (χ2n) is 3.34. The van der Waals surface area contributed by atoms with Crippen LogP contribution in [-0.4, -0.2) is 18.8 Å². The van der Waals surface area contributed by atoms with Gasteiger partial charge in [0.15, 0.2) is 0 Å². The Labute approximate surface area is 62.7 Å². The van der Waals surface area contributed by atoms with Gasteiger partial charge in [0.05, 0.1) is 6.10 Å². The monoisotopic (exact) mass is 143 g/mol. The maximum absolute atomic E-state index is 5.68. The fourth-order valence-electron chi connectivity index (χ4n) is 1.56. The molecule has 10 heavy (non-hydrogen) atoms. The molecule has 1 aliphatic rings. The highest BCUT2D eigenvalue weighted by Gasteiger charge is 2.24. The van der Waals surface area contributed by atoms with Gasteiger partial charge in [-0.25, -0.2) is 0 Å². The minimum atomic E-state index is 0.328. The van der Waals surface area contributed by atoms with E-state index in [1.165, 1.54) is 6.42 Å². The van der Waals surface area contributed by atoms with Crippen molar-refractivity contribution in [3.8, 4) is 0 Å². The van der Waals surface area contributed by atoms with E-state index < -0.39 is 0 Å². The number of rotatable bonds is 2. The Morgan fingerprint density at radius 3 is 2.80 bits per heavy atom. The minimum Gasteiger partial charge on any atom is -0.378 e. The number of hydrogen-bond donors (Lipinski definition) is 1. The van der Waals surface area contributed by atoms with E-state index in [1.54, 1.807) is 0 Å². The van der Waals surface area contributed by atoms with Crippen LogP contribution in [0.25, 0.3) is 0 Å². The van der Waals surface area contributed by atoms with Crippen LogP contribution in [0.5, 0.6) is 0 Å². The molecule has 0 aliphatic carbocycles. The van der Waals surface area contributed by atoms with Crippen LogP contribution in [0, 0.1) is 5.92 Å². The average Bonchev–Trinajstić information content (AvgIpc) is 2.15. The Bertz CT molecular complexity index is 103. The fourth-order valence-corrected chi connectivity index (χ4v) is 1.56. The van der Waals surface area contributed by atoms with Crippen molar-refractivity contribution in [1.29, 1.82) is 0 Å². The maximum Gasteiger partial charge on any atom is 0.0576 e. The number of ether oxygens (including phenoxy) is 1. The number of nitrogens with two attached hydrogens (primary N) is 1. The van der Waals surface area contributed by atoms with Crippen LogP contribution < -0.4 is 5.73 Å². The largest absolute Gasteiger partial charge is 0.378 e. The molecule has 0 spiro atoms. The minimum absolute atomic E-state index is 0.328. The SMILES string of the molecule is CC1OCCC1C[C@@H](C)N. The maximum atomic E-state index is 5.68. The molecule has 0 saturated carbocycles. The molecule has 0 amide bonds. The van der Waals surface area contributed by atoms with Gasteiger partial charge in [-0.3, -0.25) is 0 Å². The Kier molecular flexibility index (Phi) is 2.69. The molecule has 0 aromatic carbocycles. The summed E-state index contributed by atoms with van der Waals surface area (Å²) < 4.78 is 5.41. The first kappa shape index (κ1) is 8.02. The van der Waals surface area contributed by atoms with E-state index >= 15 is 0 Å². The number of hydrogen-bond acceptors (Lipinski definition) is 2. The second-order valence-corrected chi connectivity index (χ2v) is 3.34. The lowest BCUT2D eigenvalue weighted by molar-refractivity contribution is 0.102. The van der Waals surface area contributed by atoms with Crippen LogP contribution in [0.1, 0.15) is 26.7 Å². The summed E-state index contributed by atoms with van der Waals surface area (Å²) in [5, 5.41) is 0. The Morgan fingerprint density at radius 2 is 2.40 bits per heavy atom. The lowest BCUT2D eigenvalue weighted by atomic mass is 9.95. The molecule has 2 unspecified atom stereocenters. The normalized spacial score (nSPS) is 36.3. The van der Waals surface area contributed by atoms with Crippen LogP contribution in [0.15, 0.2) is 0 Å². The van der Waals surface area contributed by atoms with E-state index in [1.807, 2.05) is 0 Å². The van der Waals surface area contributed by atoms with Gasteiger partial charge in [-0.15, -0.1) is 0 Å². The fraction of sp³-hybridized carbons (Fsp3) is 1.00. The van der Waals surface area contributed by atoms with Crippen molar-refractivity contribution in [2.45, 2.75) is 38.8 Å². The standard InChI is InChI=1S/C8H17NO/c1-6(9)5-8-3-4-10-7(8)2/h6-8H,3-5,9H2,1-2H3/t6-,7?,8?/m1/s1. The molecule has 2 nitrogen and oxygen atoms in total. The molecule has 1 heterocycles. The zero-order valence-corrected chi connectivity index (χ0v) is 6.84. The van der Waals surface area contributed by atoms with E-state index in [9.17, 15) is 0 Å². The van der Waals surface area contributed by atoms with Crippen molar-refractivity contribution < 1.29 is 4.74 Å². The lowest BCUT2D eigenvalue weighted by Crippen LogP contribution is -2.23. The molecule has 60 valence electrons. The average molecular weight is 143 g/mol. The summed E-state index contributed by atoms with van der Waals surface area (Å²) in [6.45, 7) is 5.13. The van der Waals surface area contributed by atoms with Gasteiger partial charge in [0.25, 0.3) is 0 Å². The van der Waals surface area contributed by atoms with Gasteiger partial charge in [0.2, 0.25) is 0 Å². The van der Waals surface area contributed by atoms with Crippen molar-refractivity contribution in [3.63, 3.8) is 0 Å². The Hall–Kier alpha value is -0.0800. The van der Waals surface area contributed by atoms with Gasteiger partial charge in [-0.05, 0) is 32.6 Å². The van der Waals surface area contributed by atoms with Gasteiger partial charge < -0.3 is 10.5 Å². The van der Waals surface area contributed by atoms with Gasteiger partial charge >= 0.3 is 0 Å². The van der Waals surface area contributed by atoms with E-state index in [2.05, 4.69) is 13.8 Å². The third-order valence-corrected chi connectivity index (χ3v) is 2.21. The molecular formula is C8H17NO. The predicted octanol–water partition coefficient (Wildman–Crippen LogP) is 1.15. The zero-order chi connectivity index (χ0) is 7.56. The van der Waals surface area contributed by atoms with Gasteiger partial charge in [-0.1, -0.05) is 0 Å². The van der Waals surface area contributed by atoms with E-state index in [0.29, 0.717) is 18.1 Å². The summed E-state index contributed by atoms with van der Waals surface area (Å²) in [5.41, 5.74) is 5.68. The van der Waals surface area contributed by atoms with Crippen molar-refractivity contribution in [2.75, 3.05) is 6.61 Å². The molecule has 0 aromatic heterocycles. The molecule has 2 N–H and O–H groups in total. The summed E-state index contributed by atoms with van der Waals surface area (Å²) in [6.07, 6.45) is 2.75. The molecule has 1 rings (SSSR count). The lowest BCUT2D eigenvalue weighted by Gasteiger charge is -2.15. The molecule has 0 aromatic rings. The van der Waals surface area contributed by atoms with Crippen LogP contribution in [0.4, 0.5) is 0 Å². The molecule has 0 bridgehead atoms. The highest BCUT2D eigenvalue weighted by Crippen LogP contribution is 2.24. The first-order valence-electron chi connectivity index (χ1n) is 4.07. The molecule has 1 fully saturated rings. The summed E-state index contributed by atoms with van der Waals surface area (Å²) >= 11 is 0. The van der Waals surface area contributed by atoms with Crippen LogP contribution in [0.3, 0.4) is 0 Å². The predicted molar refractivity (Wildman–Crippen MR) is 41.8 cm³/mol. The summed E-state index contributed by atoms with van der Waals surface area (Å²) in [7, 11) is 0. The topological polar surface area (TPSA) is 35.2 Å². The van der Waals surface area contributed by atoms with Crippen LogP contribution in [-0.2, 0) is 4.74 Å². The van der Waals surface area contributed by atoms with E-state index in [4.69, 9.17) is 10.5 Å². The molecular weight excluding hydrogens is 126 g/mol. The molecule has 3 atom stereocenters. The third-order valence-electron chi connectivity index (χ3n) is 2.21. The summed E-state index contributed by atoms with van der Waals surface area (Å²) in [6, 6.07) is 0.328. The Morgan fingerprint density at radius 1 is 1.70 bits per heavy atom. The van der Waals surface area contributed by atoms with E-state index in [0.717, 1.165) is 13.0 Å². The highest BCUT2D eigenvalue weighted by molar-refractivity contribution is 4.75. The van der Waals surface area contributed by atoms with Crippen LogP contribution in [0.2, 0.25) is 0 Å². The Balaban J connectivity index is 2.26. The van der Waals surface area contributed by atoms with Gasteiger partial charge in [0, 0.05) is 12.6 Å². The van der Waals surface area contributed by atoms with E-state index in [-0.39, 0.29) is 0 Å². The molecule has 2 heteroatoms. The molecule has 0 radical (unpaired) electrons. The van der Waals surface area contributed by atoms with Crippen LogP contribution >= 0.6 is 0 Å². The smallest absolute Gasteiger partial charge is 0.0576 e. The molecule has 1 saturated heterocycles.